The molecule has 2 rings (SSSR count). The number of likely N-dealkylation sites (tertiary alicyclic amines) is 1. The van der Waals surface area contributed by atoms with Crippen LogP contribution in [0.1, 0.15) is 17.5 Å². The van der Waals surface area contributed by atoms with E-state index < -0.39 is 11.7 Å². The van der Waals surface area contributed by atoms with Crippen molar-refractivity contribution in [1.29, 1.82) is 0 Å². The second-order valence-electron chi connectivity index (χ2n) is 5.42. The maximum Gasteiger partial charge on any atom is 0.416 e. The lowest BCUT2D eigenvalue weighted by Crippen LogP contribution is -2.31. The van der Waals surface area contributed by atoms with Gasteiger partial charge in [0.25, 0.3) is 0 Å². The number of hydrogen-bond acceptors (Lipinski definition) is 2. The maximum atomic E-state index is 12.5. The van der Waals surface area contributed by atoms with E-state index in [4.69, 9.17) is 0 Å². The normalized spacial score (nSPS) is 19.0. The third-order valence-electron chi connectivity index (χ3n) is 3.77. The van der Waals surface area contributed by atoms with Crippen LogP contribution in [-0.4, -0.2) is 37.5 Å². The van der Waals surface area contributed by atoms with Crippen molar-refractivity contribution in [2.45, 2.75) is 19.0 Å². The first-order valence-electron chi connectivity index (χ1n) is 6.98. The van der Waals surface area contributed by atoms with Gasteiger partial charge in [0.1, 0.15) is 0 Å². The first-order valence-corrected chi connectivity index (χ1v) is 6.98. The van der Waals surface area contributed by atoms with Gasteiger partial charge in [-0.25, -0.2) is 0 Å². The average molecular weight is 300 g/mol. The molecule has 0 aliphatic carbocycles. The largest absolute Gasteiger partial charge is 0.416 e. The standard InChI is InChI=1S/C15H19F3N2O/c1-19-9-12-6-7-20(10-12)14(21)8-11-2-4-13(5-3-11)15(16,17)18/h2-5,12,19H,6-10H2,1H3/t12-/m1/s1. The summed E-state index contributed by atoms with van der Waals surface area (Å²) in [5, 5.41) is 3.09. The molecular weight excluding hydrogens is 281 g/mol. The van der Waals surface area contributed by atoms with Gasteiger partial charge in [0.2, 0.25) is 5.91 Å². The van der Waals surface area contributed by atoms with Gasteiger partial charge in [-0.2, -0.15) is 13.2 Å². The topological polar surface area (TPSA) is 32.3 Å². The van der Waals surface area contributed by atoms with E-state index in [2.05, 4.69) is 5.32 Å². The van der Waals surface area contributed by atoms with E-state index in [9.17, 15) is 18.0 Å². The van der Waals surface area contributed by atoms with Crippen molar-refractivity contribution in [2.75, 3.05) is 26.7 Å². The van der Waals surface area contributed by atoms with E-state index in [1.54, 1.807) is 4.90 Å². The number of alkyl halides is 3. The highest BCUT2D eigenvalue weighted by Gasteiger charge is 2.30. The highest BCUT2D eigenvalue weighted by atomic mass is 19.4. The van der Waals surface area contributed by atoms with Gasteiger partial charge in [-0.3, -0.25) is 4.79 Å². The molecule has 21 heavy (non-hydrogen) atoms. The van der Waals surface area contributed by atoms with E-state index in [0.29, 0.717) is 11.5 Å². The van der Waals surface area contributed by atoms with Crippen LogP contribution in [0.3, 0.4) is 0 Å². The van der Waals surface area contributed by atoms with Gasteiger partial charge in [-0.05, 0) is 43.6 Å². The quantitative estimate of drug-likeness (QED) is 0.925. The fraction of sp³-hybridized carbons (Fsp3) is 0.533. The van der Waals surface area contributed by atoms with E-state index in [0.717, 1.165) is 38.2 Å². The molecule has 0 radical (unpaired) electrons. The minimum atomic E-state index is -4.34. The van der Waals surface area contributed by atoms with Crippen molar-refractivity contribution in [3.05, 3.63) is 35.4 Å². The van der Waals surface area contributed by atoms with Crippen LogP contribution in [-0.2, 0) is 17.4 Å². The van der Waals surface area contributed by atoms with Crippen LogP contribution < -0.4 is 5.32 Å². The second-order valence-corrected chi connectivity index (χ2v) is 5.42. The lowest BCUT2D eigenvalue weighted by molar-refractivity contribution is -0.137. The van der Waals surface area contributed by atoms with E-state index in [1.807, 2.05) is 7.05 Å². The highest BCUT2D eigenvalue weighted by molar-refractivity contribution is 5.79. The summed E-state index contributed by atoms with van der Waals surface area (Å²) in [5.74, 6) is 0.444. The van der Waals surface area contributed by atoms with Gasteiger partial charge < -0.3 is 10.2 Å². The maximum absolute atomic E-state index is 12.5. The van der Waals surface area contributed by atoms with Crippen LogP contribution in [0.25, 0.3) is 0 Å². The number of carbonyl (C=O) groups excluding carboxylic acids is 1. The summed E-state index contributed by atoms with van der Waals surface area (Å²) in [6.45, 7) is 2.33. The summed E-state index contributed by atoms with van der Waals surface area (Å²) >= 11 is 0. The molecule has 0 aromatic heterocycles. The van der Waals surface area contributed by atoms with E-state index in [1.165, 1.54) is 12.1 Å². The number of benzene rings is 1. The number of halogens is 3. The fourth-order valence-electron chi connectivity index (χ4n) is 2.61. The molecule has 0 spiro atoms. The van der Waals surface area contributed by atoms with Crippen LogP contribution >= 0.6 is 0 Å². The second kappa shape index (κ2) is 6.47. The number of nitrogens with one attached hydrogen (secondary N) is 1. The van der Waals surface area contributed by atoms with Gasteiger partial charge in [0, 0.05) is 13.1 Å². The molecule has 0 bridgehead atoms. The molecule has 1 fully saturated rings. The number of rotatable bonds is 4. The molecule has 6 heteroatoms. The van der Waals surface area contributed by atoms with Crippen molar-refractivity contribution in [1.82, 2.24) is 10.2 Å². The molecule has 0 unspecified atom stereocenters. The molecular formula is C15H19F3N2O. The monoisotopic (exact) mass is 300 g/mol. The molecule has 116 valence electrons. The molecule has 1 N–H and O–H groups in total. The first-order chi connectivity index (χ1) is 9.90. The number of nitrogens with zero attached hydrogens (tertiary/aromatic N) is 1. The minimum absolute atomic E-state index is 0.0200. The van der Waals surface area contributed by atoms with Crippen molar-refractivity contribution in [2.24, 2.45) is 5.92 Å². The molecule has 1 amide bonds. The molecule has 1 aromatic rings. The van der Waals surface area contributed by atoms with Crippen molar-refractivity contribution in [3.8, 4) is 0 Å². The summed E-state index contributed by atoms with van der Waals surface area (Å²) in [5.41, 5.74) is -0.0703. The smallest absolute Gasteiger partial charge is 0.342 e. The zero-order chi connectivity index (χ0) is 15.5. The summed E-state index contributed by atoms with van der Waals surface area (Å²) in [6.07, 6.45) is -3.21. The van der Waals surface area contributed by atoms with Gasteiger partial charge in [-0.15, -0.1) is 0 Å². The minimum Gasteiger partial charge on any atom is -0.342 e. The Labute approximate surface area is 122 Å². The fourth-order valence-corrected chi connectivity index (χ4v) is 2.61. The van der Waals surface area contributed by atoms with Crippen LogP contribution in [0.2, 0.25) is 0 Å². The number of carbonyl (C=O) groups is 1. The zero-order valence-electron chi connectivity index (χ0n) is 11.9. The van der Waals surface area contributed by atoms with Crippen molar-refractivity contribution in [3.63, 3.8) is 0 Å². The summed E-state index contributed by atoms with van der Waals surface area (Å²) < 4.78 is 37.4. The number of amides is 1. The lowest BCUT2D eigenvalue weighted by Gasteiger charge is -2.17. The Kier molecular flexibility index (Phi) is 4.88. The molecule has 1 atom stereocenters. The zero-order valence-corrected chi connectivity index (χ0v) is 11.9. The Balaban J connectivity index is 1.91. The predicted octanol–water partition coefficient (Wildman–Crippen LogP) is 2.32. The Morgan fingerprint density at radius 2 is 2.00 bits per heavy atom. The Bertz CT molecular complexity index is 485. The van der Waals surface area contributed by atoms with Crippen LogP contribution in [0.5, 0.6) is 0 Å². The van der Waals surface area contributed by atoms with Crippen LogP contribution in [0, 0.1) is 5.92 Å². The van der Waals surface area contributed by atoms with Gasteiger partial charge in [0.05, 0.1) is 12.0 Å². The Morgan fingerprint density at radius 3 is 2.57 bits per heavy atom. The van der Waals surface area contributed by atoms with Crippen molar-refractivity contribution >= 4 is 5.91 Å². The summed E-state index contributed by atoms with van der Waals surface area (Å²) in [4.78, 5) is 13.9. The van der Waals surface area contributed by atoms with Gasteiger partial charge in [-0.1, -0.05) is 12.1 Å². The molecule has 1 aliphatic heterocycles. The summed E-state index contributed by atoms with van der Waals surface area (Å²) in [7, 11) is 1.88. The molecule has 0 saturated carbocycles. The van der Waals surface area contributed by atoms with Gasteiger partial charge >= 0.3 is 6.18 Å². The SMILES string of the molecule is CNC[C@H]1CCN(C(=O)Cc2ccc(C(F)(F)F)cc2)C1. The Hall–Kier alpha value is -1.56. The summed E-state index contributed by atoms with van der Waals surface area (Å²) in [6, 6.07) is 4.80. The molecule has 1 aromatic carbocycles. The van der Waals surface area contributed by atoms with E-state index >= 15 is 0 Å². The lowest BCUT2D eigenvalue weighted by atomic mass is 10.1. The van der Waals surface area contributed by atoms with Crippen LogP contribution in [0.4, 0.5) is 13.2 Å². The molecule has 1 heterocycles. The third kappa shape index (κ3) is 4.20. The third-order valence-corrected chi connectivity index (χ3v) is 3.77. The van der Waals surface area contributed by atoms with Crippen LogP contribution in [0.15, 0.2) is 24.3 Å². The van der Waals surface area contributed by atoms with Crippen molar-refractivity contribution < 1.29 is 18.0 Å². The average Bonchev–Trinajstić information content (AvgIpc) is 2.87. The number of hydrogen-bond donors (Lipinski definition) is 1. The Morgan fingerprint density at radius 1 is 1.33 bits per heavy atom. The van der Waals surface area contributed by atoms with Gasteiger partial charge in [0.15, 0.2) is 0 Å². The highest BCUT2D eigenvalue weighted by Crippen LogP contribution is 2.29. The first kappa shape index (κ1) is 15.8. The molecule has 3 nitrogen and oxygen atoms in total. The predicted molar refractivity (Wildman–Crippen MR) is 73.8 cm³/mol. The molecule has 1 aliphatic rings. The molecule has 1 saturated heterocycles. The van der Waals surface area contributed by atoms with E-state index in [-0.39, 0.29) is 12.3 Å².